The third-order valence-corrected chi connectivity index (χ3v) is 5.37. The minimum Gasteiger partial charge on any atom is -0.376 e. The van der Waals surface area contributed by atoms with Crippen LogP contribution in [0.5, 0.6) is 0 Å². The van der Waals surface area contributed by atoms with Crippen LogP contribution >= 0.6 is 0 Å². The summed E-state index contributed by atoms with van der Waals surface area (Å²) in [4.78, 5) is 11.5. The summed E-state index contributed by atoms with van der Waals surface area (Å²) in [6.07, 6.45) is 8.05. The number of anilines is 2. The SMILES string of the molecule is CC(C)[C@@H]1OCCC[C@@H]1Nc1ccnc(N2CCO[C@H](Cn3cccn3)C2)n1. The molecule has 28 heavy (non-hydrogen) atoms. The average Bonchev–Trinajstić information content (AvgIpc) is 3.22. The molecule has 3 atom stereocenters. The van der Waals surface area contributed by atoms with Gasteiger partial charge in [-0.25, -0.2) is 4.98 Å². The number of aromatic nitrogens is 4. The molecule has 0 aliphatic carbocycles. The zero-order chi connectivity index (χ0) is 19.3. The third kappa shape index (κ3) is 4.62. The van der Waals surface area contributed by atoms with Gasteiger partial charge >= 0.3 is 0 Å². The summed E-state index contributed by atoms with van der Waals surface area (Å²) < 4.78 is 13.8. The van der Waals surface area contributed by atoms with Crippen LogP contribution in [0.3, 0.4) is 0 Å². The fourth-order valence-corrected chi connectivity index (χ4v) is 4.01. The summed E-state index contributed by atoms with van der Waals surface area (Å²) in [5, 5.41) is 7.86. The molecule has 0 bridgehead atoms. The molecule has 2 saturated heterocycles. The second kappa shape index (κ2) is 8.87. The van der Waals surface area contributed by atoms with Crippen LogP contribution < -0.4 is 10.2 Å². The molecule has 0 saturated carbocycles. The van der Waals surface area contributed by atoms with Crippen molar-refractivity contribution in [2.75, 3.05) is 36.5 Å². The van der Waals surface area contributed by atoms with Gasteiger partial charge in [0, 0.05) is 38.3 Å². The van der Waals surface area contributed by atoms with Crippen LogP contribution in [0.4, 0.5) is 11.8 Å². The lowest BCUT2D eigenvalue weighted by Gasteiger charge is -2.35. The molecular formula is C20H30N6O2. The molecule has 4 heterocycles. The van der Waals surface area contributed by atoms with Crippen molar-refractivity contribution in [3.63, 3.8) is 0 Å². The van der Waals surface area contributed by atoms with Gasteiger partial charge in [0.25, 0.3) is 0 Å². The van der Waals surface area contributed by atoms with E-state index in [0.717, 1.165) is 50.8 Å². The summed E-state index contributed by atoms with van der Waals surface area (Å²) in [6.45, 7) is 8.22. The highest BCUT2D eigenvalue weighted by atomic mass is 16.5. The molecule has 8 heteroatoms. The lowest BCUT2D eigenvalue weighted by atomic mass is 9.94. The second-order valence-corrected chi connectivity index (χ2v) is 7.88. The summed E-state index contributed by atoms with van der Waals surface area (Å²) >= 11 is 0. The molecule has 2 aliphatic rings. The standard InChI is InChI=1S/C20H30N6O2/c1-15(2)19-17(5-3-11-28-19)23-18-6-8-21-20(24-18)25-10-12-27-16(13-25)14-26-9-4-7-22-26/h4,6-9,15-17,19H,3,5,10-14H2,1-2H3,(H,21,23,24)/t16-,17-,19-/m0/s1. The third-order valence-electron chi connectivity index (χ3n) is 5.37. The molecule has 2 aromatic heterocycles. The highest BCUT2D eigenvalue weighted by molar-refractivity contribution is 5.42. The van der Waals surface area contributed by atoms with E-state index in [-0.39, 0.29) is 18.2 Å². The molecule has 0 radical (unpaired) electrons. The molecule has 0 spiro atoms. The zero-order valence-electron chi connectivity index (χ0n) is 16.7. The Labute approximate surface area is 166 Å². The van der Waals surface area contributed by atoms with Crippen molar-refractivity contribution in [2.45, 2.75) is 51.5 Å². The van der Waals surface area contributed by atoms with E-state index in [2.05, 4.69) is 34.1 Å². The van der Waals surface area contributed by atoms with Gasteiger partial charge in [-0.05, 0) is 30.9 Å². The van der Waals surface area contributed by atoms with E-state index in [9.17, 15) is 0 Å². The maximum absolute atomic E-state index is 5.99. The Kier molecular flexibility index (Phi) is 6.07. The van der Waals surface area contributed by atoms with Gasteiger partial charge in [0.2, 0.25) is 5.95 Å². The summed E-state index contributed by atoms with van der Waals surface area (Å²) in [7, 11) is 0. The number of nitrogens with zero attached hydrogens (tertiary/aromatic N) is 5. The maximum Gasteiger partial charge on any atom is 0.227 e. The Hall–Kier alpha value is -2.19. The Balaban J connectivity index is 1.41. The molecule has 0 aromatic carbocycles. The van der Waals surface area contributed by atoms with Crippen LogP contribution in [0.25, 0.3) is 0 Å². The second-order valence-electron chi connectivity index (χ2n) is 7.88. The maximum atomic E-state index is 5.99. The number of morpholine rings is 1. The van der Waals surface area contributed by atoms with Crippen LogP contribution in [-0.2, 0) is 16.0 Å². The van der Waals surface area contributed by atoms with Gasteiger partial charge in [-0.15, -0.1) is 0 Å². The molecular weight excluding hydrogens is 356 g/mol. The first-order valence-corrected chi connectivity index (χ1v) is 10.2. The van der Waals surface area contributed by atoms with Crippen molar-refractivity contribution in [1.82, 2.24) is 19.7 Å². The first-order valence-electron chi connectivity index (χ1n) is 10.2. The van der Waals surface area contributed by atoms with Gasteiger partial charge in [0.05, 0.1) is 31.4 Å². The Bertz CT molecular complexity index is 738. The quantitative estimate of drug-likeness (QED) is 0.815. The molecule has 2 aliphatic heterocycles. The summed E-state index contributed by atoms with van der Waals surface area (Å²) in [5.41, 5.74) is 0. The van der Waals surface area contributed by atoms with E-state index in [4.69, 9.17) is 14.5 Å². The molecule has 1 N–H and O–H groups in total. The molecule has 0 amide bonds. The van der Waals surface area contributed by atoms with Gasteiger partial charge < -0.3 is 19.7 Å². The van der Waals surface area contributed by atoms with Crippen LogP contribution in [0, 0.1) is 5.92 Å². The Morgan fingerprint density at radius 1 is 1.25 bits per heavy atom. The van der Waals surface area contributed by atoms with Crippen LogP contribution in [0.2, 0.25) is 0 Å². The van der Waals surface area contributed by atoms with Gasteiger partial charge in [0.1, 0.15) is 5.82 Å². The first-order chi connectivity index (χ1) is 13.7. The predicted molar refractivity (Wildman–Crippen MR) is 107 cm³/mol. The van der Waals surface area contributed by atoms with E-state index in [1.165, 1.54) is 0 Å². The van der Waals surface area contributed by atoms with Crippen molar-refractivity contribution in [1.29, 1.82) is 0 Å². The number of rotatable bonds is 6. The summed E-state index contributed by atoms with van der Waals surface area (Å²) in [6, 6.07) is 4.16. The number of nitrogens with one attached hydrogen (secondary N) is 1. The molecule has 152 valence electrons. The molecule has 8 nitrogen and oxygen atoms in total. The van der Waals surface area contributed by atoms with E-state index >= 15 is 0 Å². The van der Waals surface area contributed by atoms with E-state index in [1.807, 2.05) is 29.2 Å². The average molecular weight is 387 g/mol. The topological polar surface area (TPSA) is 77.3 Å². The van der Waals surface area contributed by atoms with Crippen molar-refractivity contribution in [2.24, 2.45) is 5.92 Å². The van der Waals surface area contributed by atoms with Gasteiger partial charge in [-0.3, -0.25) is 4.68 Å². The molecule has 4 rings (SSSR count). The highest BCUT2D eigenvalue weighted by Gasteiger charge is 2.29. The lowest BCUT2D eigenvalue weighted by molar-refractivity contribution is -0.0203. The van der Waals surface area contributed by atoms with E-state index in [1.54, 1.807) is 6.20 Å². The van der Waals surface area contributed by atoms with Crippen molar-refractivity contribution in [3.05, 3.63) is 30.7 Å². The monoisotopic (exact) mass is 386 g/mol. The van der Waals surface area contributed by atoms with Gasteiger partial charge in [-0.1, -0.05) is 13.8 Å². The molecule has 2 aromatic rings. The fourth-order valence-electron chi connectivity index (χ4n) is 4.01. The number of hydrogen-bond acceptors (Lipinski definition) is 7. The van der Waals surface area contributed by atoms with Crippen LogP contribution in [0.1, 0.15) is 26.7 Å². The van der Waals surface area contributed by atoms with Crippen LogP contribution in [0.15, 0.2) is 30.7 Å². The highest BCUT2D eigenvalue weighted by Crippen LogP contribution is 2.24. The van der Waals surface area contributed by atoms with Crippen LogP contribution in [-0.4, -0.2) is 64.3 Å². The first kappa shape index (κ1) is 19.1. The fraction of sp³-hybridized carbons (Fsp3) is 0.650. The minimum atomic E-state index is 0.0749. The van der Waals surface area contributed by atoms with Crippen molar-refractivity contribution < 1.29 is 9.47 Å². The number of ether oxygens (including phenoxy) is 2. The molecule has 2 fully saturated rings. The van der Waals surface area contributed by atoms with Gasteiger partial charge in [0.15, 0.2) is 0 Å². The predicted octanol–water partition coefficient (Wildman–Crippen LogP) is 2.19. The van der Waals surface area contributed by atoms with Gasteiger partial charge in [-0.2, -0.15) is 10.1 Å². The lowest BCUT2D eigenvalue weighted by Crippen LogP contribution is -2.45. The van der Waals surface area contributed by atoms with Crippen molar-refractivity contribution >= 4 is 11.8 Å². The summed E-state index contributed by atoms with van der Waals surface area (Å²) in [5.74, 6) is 2.08. The normalized spacial score (nSPS) is 25.8. The van der Waals surface area contributed by atoms with E-state index in [0.29, 0.717) is 12.5 Å². The number of hydrogen-bond donors (Lipinski definition) is 1. The Morgan fingerprint density at radius 2 is 2.18 bits per heavy atom. The minimum absolute atomic E-state index is 0.0749. The van der Waals surface area contributed by atoms with E-state index < -0.39 is 0 Å². The molecule has 0 unspecified atom stereocenters. The Morgan fingerprint density at radius 3 is 3.00 bits per heavy atom. The smallest absolute Gasteiger partial charge is 0.227 e. The zero-order valence-corrected chi connectivity index (χ0v) is 16.7. The largest absolute Gasteiger partial charge is 0.376 e. The van der Waals surface area contributed by atoms with Crippen molar-refractivity contribution in [3.8, 4) is 0 Å².